The maximum absolute atomic E-state index is 13.3. The maximum Gasteiger partial charge on any atom is 0.449 e. The van der Waals surface area contributed by atoms with Gasteiger partial charge >= 0.3 is 6.18 Å². The van der Waals surface area contributed by atoms with E-state index >= 15 is 0 Å². The van der Waals surface area contributed by atoms with Crippen molar-refractivity contribution in [3.63, 3.8) is 0 Å². The zero-order valence-corrected chi connectivity index (χ0v) is 16.8. The number of benzene rings is 2. The fourth-order valence-corrected chi connectivity index (χ4v) is 3.59. The molecule has 2 heterocycles. The quantitative estimate of drug-likeness (QED) is 0.678. The predicted octanol–water partition coefficient (Wildman–Crippen LogP) is 4.07. The van der Waals surface area contributed by atoms with Crippen LogP contribution in [-0.2, 0) is 6.18 Å². The average Bonchev–Trinajstić information content (AvgIpc) is 3.26. The normalized spacial score (nSPS) is 14.6. The molecule has 1 aliphatic heterocycles. The van der Waals surface area contributed by atoms with Crippen LogP contribution in [0.5, 0.6) is 5.75 Å². The lowest BCUT2D eigenvalue weighted by Crippen LogP contribution is -2.49. The van der Waals surface area contributed by atoms with Gasteiger partial charge in [0.25, 0.3) is 5.91 Å². The smallest absolute Gasteiger partial charge is 0.449 e. The topological polar surface area (TPSA) is 61.5 Å². The second kappa shape index (κ2) is 8.33. The highest BCUT2D eigenvalue weighted by molar-refractivity contribution is 5.98. The highest BCUT2D eigenvalue weighted by atomic mass is 19.4. The summed E-state index contributed by atoms with van der Waals surface area (Å²) in [6, 6.07) is 16.0. The number of methoxy groups -OCH3 is 1. The van der Waals surface area contributed by atoms with Gasteiger partial charge in [-0.25, -0.2) is 4.98 Å². The summed E-state index contributed by atoms with van der Waals surface area (Å²) in [5.74, 6) is -0.909. The molecular weight excluding hydrogens is 409 g/mol. The number of aromatic nitrogens is 2. The maximum atomic E-state index is 13.3. The van der Waals surface area contributed by atoms with Crippen molar-refractivity contribution >= 4 is 11.6 Å². The van der Waals surface area contributed by atoms with Crippen molar-refractivity contribution in [3.8, 4) is 17.0 Å². The molecule has 1 saturated heterocycles. The molecule has 0 atom stereocenters. The summed E-state index contributed by atoms with van der Waals surface area (Å²) in [4.78, 5) is 22.7. The molecule has 1 fully saturated rings. The lowest BCUT2D eigenvalue weighted by Gasteiger charge is -2.36. The second-order valence-corrected chi connectivity index (χ2v) is 7.15. The van der Waals surface area contributed by atoms with E-state index in [1.807, 2.05) is 24.3 Å². The molecule has 9 heteroatoms. The zero-order valence-electron chi connectivity index (χ0n) is 16.8. The molecule has 1 aliphatic rings. The van der Waals surface area contributed by atoms with Crippen molar-refractivity contribution < 1.29 is 22.7 Å². The molecule has 1 aromatic heterocycles. The number of halogens is 3. The number of carbonyl (C=O) groups is 1. The molecule has 0 aliphatic carbocycles. The Morgan fingerprint density at radius 3 is 2.23 bits per heavy atom. The lowest BCUT2D eigenvalue weighted by atomic mass is 10.1. The SMILES string of the molecule is COc1ccc(N2CCN(C(=O)c3[nH]c(C(F)(F)F)nc3-c3ccccc3)CC2)cc1. The first kappa shape index (κ1) is 20.8. The summed E-state index contributed by atoms with van der Waals surface area (Å²) in [5.41, 5.74) is 1.32. The van der Waals surface area contributed by atoms with Crippen molar-refractivity contribution in [1.29, 1.82) is 0 Å². The largest absolute Gasteiger partial charge is 0.497 e. The van der Waals surface area contributed by atoms with E-state index in [2.05, 4.69) is 14.9 Å². The minimum absolute atomic E-state index is 0.00973. The highest BCUT2D eigenvalue weighted by Gasteiger charge is 2.38. The molecule has 4 rings (SSSR count). The number of anilines is 1. The Balaban J connectivity index is 1.54. The van der Waals surface area contributed by atoms with Crippen LogP contribution in [0.4, 0.5) is 18.9 Å². The van der Waals surface area contributed by atoms with Crippen LogP contribution in [0.1, 0.15) is 16.3 Å². The van der Waals surface area contributed by atoms with Crippen LogP contribution >= 0.6 is 0 Å². The van der Waals surface area contributed by atoms with Gasteiger partial charge in [-0.1, -0.05) is 30.3 Å². The van der Waals surface area contributed by atoms with Gasteiger partial charge in [-0.15, -0.1) is 0 Å². The minimum Gasteiger partial charge on any atom is -0.497 e. The molecule has 162 valence electrons. The van der Waals surface area contributed by atoms with Crippen molar-refractivity contribution in [2.24, 2.45) is 0 Å². The number of ether oxygens (including phenoxy) is 1. The number of imidazole rings is 1. The Labute approximate surface area is 177 Å². The number of rotatable bonds is 4. The molecule has 3 aromatic rings. The number of aromatic amines is 1. The van der Waals surface area contributed by atoms with Crippen molar-refractivity contribution in [1.82, 2.24) is 14.9 Å². The summed E-state index contributed by atoms with van der Waals surface area (Å²) in [7, 11) is 1.60. The molecule has 0 unspecified atom stereocenters. The third kappa shape index (κ3) is 4.35. The Kier molecular flexibility index (Phi) is 5.58. The van der Waals surface area contributed by atoms with E-state index in [1.54, 1.807) is 42.3 Å². The number of nitrogens with one attached hydrogen (secondary N) is 1. The number of alkyl halides is 3. The predicted molar refractivity (Wildman–Crippen MR) is 110 cm³/mol. The molecule has 6 nitrogen and oxygen atoms in total. The van der Waals surface area contributed by atoms with E-state index in [-0.39, 0.29) is 11.4 Å². The first-order valence-electron chi connectivity index (χ1n) is 9.77. The molecule has 0 bridgehead atoms. The summed E-state index contributed by atoms with van der Waals surface area (Å²) in [5, 5.41) is 0. The first-order valence-corrected chi connectivity index (χ1v) is 9.77. The monoisotopic (exact) mass is 430 g/mol. The number of H-pyrrole nitrogens is 1. The fraction of sp³-hybridized carbons (Fsp3) is 0.273. The molecular formula is C22H21F3N4O2. The Morgan fingerprint density at radius 1 is 1.00 bits per heavy atom. The second-order valence-electron chi connectivity index (χ2n) is 7.15. The fourth-order valence-electron chi connectivity index (χ4n) is 3.59. The van der Waals surface area contributed by atoms with Gasteiger partial charge in [0.1, 0.15) is 17.1 Å². The molecule has 31 heavy (non-hydrogen) atoms. The van der Waals surface area contributed by atoms with Crippen LogP contribution in [0.25, 0.3) is 11.3 Å². The molecule has 0 radical (unpaired) electrons. The molecule has 0 spiro atoms. The van der Waals surface area contributed by atoms with E-state index in [0.29, 0.717) is 31.7 Å². The molecule has 1 amide bonds. The summed E-state index contributed by atoms with van der Waals surface area (Å²) < 4.78 is 45.0. The van der Waals surface area contributed by atoms with Crippen LogP contribution in [-0.4, -0.2) is 54.1 Å². The van der Waals surface area contributed by atoms with Gasteiger partial charge in [-0.3, -0.25) is 4.79 Å². The van der Waals surface area contributed by atoms with Crippen LogP contribution < -0.4 is 9.64 Å². The number of carbonyl (C=O) groups excluding carboxylic acids is 1. The molecule has 2 aromatic carbocycles. The van der Waals surface area contributed by atoms with Gasteiger partial charge in [0.15, 0.2) is 0 Å². The number of hydrogen-bond acceptors (Lipinski definition) is 4. The summed E-state index contributed by atoms with van der Waals surface area (Å²) in [6.07, 6.45) is -4.67. The van der Waals surface area contributed by atoms with Gasteiger partial charge in [0.2, 0.25) is 5.82 Å². The third-order valence-corrected chi connectivity index (χ3v) is 5.24. The standard InChI is InChI=1S/C22H21F3N4O2/c1-31-17-9-7-16(8-10-17)28-11-13-29(14-12-28)20(30)19-18(15-5-3-2-4-6-15)26-21(27-19)22(23,24)25/h2-10H,11-14H2,1H3,(H,26,27). The number of nitrogens with zero attached hydrogens (tertiary/aromatic N) is 3. The summed E-state index contributed by atoms with van der Waals surface area (Å²) >= 11 is 0. The Hall–Kier alpha value is -3.49. The van der Waals surface area contributed by atoms with Crippen LogP contribution in [0.3, 0.4) is 0 Å². The van der Waals surface area contributed by atoms with E-state index in [4.69, 9.17) is 4.74 Å². The average molecular weight is 430 g/mol. The number of piperazine rings is 1. The van der Waals surface area contributed by atoms with Crippen LogP contribution in [0.15, 0.2) is 54.6 Å². The van der Waals surface area contributed by atoms with Gasteiger partial charge < -0.3 is 19.5 Å². The summed E-state index contributed by atoms with van der Waals surface area (Å²) in [6.45, 7) is 1.91. The van der Waals surface area contributed by atoms with Crippen molar-refractivity contribution in [2.75, 3.05) is 38.2 Å². The highest BCUT2D eigenvalue weighted by Crippen LogP contribution is 2.32. The Morgan fingerprint density at radius 2 is 1.65 bits per heavy atom. The van der Waals surface area contributed by atoms with Crippen molar-refractivity contribution in [3.05, 3.63) is 66.1 Å². The van der Waals surface area contributed by atoms with Gasteiger partial charge in [0, 0.05) is 37.4 Å². The van der Waals surface area contributed by atoms with Crippen molar-refractivity contribution in [2.45, 2.75) is 6.18 Å². The van der Waals surface area contributed by atoms with Crippen LogP contribution in [0, 0.1) is 0 Å². The molecule has 1 N–H and O–H groups in total. The Bertz CT molecular complexity index is 1040. The van der Waals surface area contributed by atoms with Gasteiger partial charge in [-0.2, -0.15) is 13.2 Å². The van der Waals surface area contributed by atoms with E-state index < -0.39 is 17.9 Å². The third-order valence-electron chi connectivity index (χ3n) is 5.24. The van der Waals surface area contributed by atoms with Gasteiger partial charge in [0.05, 0.1) is 7.11 Å². The number of hydrogen-bond donors (Lipinski definition) is 1. The van der Waals surface area contributed by atoms with E-state index in [1.165, 1.54) is 0 Å². The number of amides is 1. The van der Waals surface area contributed by atoms with E-state index in [0.717, 1.165) is 11.4 Å². The van der Waals surface area contributed by atoms with E-state index in [9.17, 15) is 18.0 Å². The first-order chi connectivity index (χ1) is 14.9. The lowest BCUT2D eigenvalue weighted by molar-refractivity contribution is -0.144. The van der Waals surface area contributed by atoms with Gasteiger partial charge in [-0.05, 0) is 24.3 Å². The zero-order chi connectivity index (χ0) is 22.0. The minimum atomic E-state index is -4.67. The van der Waals surface area contributed by atoms with Crippen LogP contribution in [0.2, 0.25) is 0 Å². The molecule has 0 saturated carbocycles.